The van der Waals surface area contributed by atoms with E-state index in [-0.39, 0.29) is 38.8 Å². The van der Waals surface area contributed by atoms with Gasteiger partial charge in [0.2, 0.25) is 0 Å². The van der Waals surface area contributed by atoms with Crippen LogP contribution in [0.1, 0.15) is 59.3 Å². The topological polar surface area (TPSA) is 88.1 Å². The fourth-order valence-corrected chi connectivity index (χ4v) is 1.91. The third-order valence-corrected chi connectivity index (χ3v) is 3.44. The monoisotopic (exact) mass is 394 g/mol. The van der Waals surface area contributed by atoms with Gasteiger partial charge in [-0.2, -0.15) is 0 Å². The van der Waals surface area contributed by atoms with Gasteiger partial charge in [0.1, 0.15) is 19.8 Å². The zero-order chi connectivity index (χ0) is 21.4. The molecule has 0 aromatic heterocycles. The van der Waals surface area contributed by atoms with E-state index in [0.29, 0.717) is 25.7 Å². The summed E-state index contributed by atoms with van der Waals surface area (Å²) in [6.45, 7) is 4.74. The van der Waals surface area contributed by atoms with Crippen LogP contribution in [0, 0.1) is 30.1 Å². The molecule has 0 heterocycles. The van der Waals surface area contributed by atoms with Gasteiger partial charge in [-0.25, -0.2) is 4.79 Å². The summed E-state index contributed by atoms with van der Waals surface area (Å²) in [5, 5.41) is 0. The van der Waals surface area contributed by atoms with E-state index in [0.717, 1.165) is 0 Å². The number of ether oxygens (including phenoxy) is 4. The highest BCUT2D eigenvalue weighted by Crippen LogP contribution is 2.20. The summed E-state index contributed by atoms with van der Waals surface area (Å²) in [4.78, 5) is 35.2. The van der Waals surface area contributed by atoms with Gasteiger partial charge < -0.3 is 18.9 Å². The molecule has 7 heteroatoms. The van der Waals surface area contributed by atoms with Crippen molar-refractivity contribution in [3.63, 3.8) is 0 Å². The SMILES string of the molecule is C#CCCCC(=O)OCC(C)(COC(=O)CCCC#C)COC(=O)OC(C)C. The maximum absolute atomic E-state index is 11.8. The molecule has 0 spiro atoms. The van der Waals surface area contributed by atoms with Gasteiger partial charge in [0.25, 0.3) is 0 Å². The molecule has 7 nitrogen and oxygen atoms in total. The van der Waals surface area contributed by atoms with Crippen LogP contribution in [-0.4, -0.2) is 44.0 Å². The number of unbranched alkanes of at least 4 members (excludes halogenated alkanes) is 2. The molecule has 0 fully saturated rings. The molecule has 0 aromatic rings. The molecule has 0 aliphatic carbocycles. The van der Waals surface area contributed by atoms with E-state index in [2.05, 4.69) is 11.8 Å². The Balaban J connectivity index is 4.68. The first kappa shape index (κ1) is 25.3. The number of carbonyl (C=O) groups is 3. The molecule has 0 rings (SSSR count). The van der Waals surface area contributed by atoms with Gasteiger partial charge in [-0.15, -0.1) is 24.7 Å². The molecule has 0 N–H and O–H groups in total. The van der Waals surface area contributed by atoms with E-state index < -0.39 is 23.5 Å². The highest BCUT2D eigenvalue weighted by atomic mass is 16.7. The second kappa shape index (κ2) is 14.4. The van der Waals surface area contributed by atoms with E-state index in [1.807, 2.05) is 0 Å². The molecule has 0 radical (unpaired) electrons. The third-order valence-electron chi connectivity index (χ3n) is 3.44. The summed E-state index contributed by atoms with van der Waals surface area (Å²) in [7, 11) is 0. The lowest BCUT2D eigenvalue weighted by molar-refractivity contribution is -0.155. The van der Waals surface area contributed by atoms with Crippen LogP contribution in [0.4, 0.5) is 4.79 Å². The molecule has 0 unspecified atom stereocenters. The zero-order valence-corrected chi connectivity index (χ0v) is 17.0. The van der Waals surface area contributed by atoms with Crippen molar-refractivity contribution in [2.45, 2.75) is 65.4 Å². The summed E-state index contributed by atoms with van der Waals surface area (Å²) in [5.74, 6) is 4.05. The maximum Gasteiger partial charge on any atom is 0.508 e. The molecule has 0 aromatic carbocycles. The lowest BCUT2D eigenvalue weighted by Crippen LogP contribution is -2.37. The number of carbonyl (C=O) groups excluding carboxylic acids is 3. The molecule has 0 aliphatic rings. The molecular formula is C21H30O7. The lowest BCUT2D eigenvalue weighted by atomic mass is 9.94. The van der Waals surface area contributed by atoms with Gasteiger partial charge in [0.15, 0.2) is 0 Å². The number of hydrogen-bond acceptors (Lipinski definition) is 7. The summed E-state index contributed by atoms with van der Waals surface area (Å²) in [6.07, 6.45) is 11.5. The van der Waals surface area contributed by atoms with Crippen molar-refractivity contribution in [1.82, 2.24) is 0 Å². The van der Waals surface area contributed by atoms with Crippen LogP contribution in [0.25, 0.3) is 0 Å². The first-order valence-electron chi connectivity index (χ1n) is 9.24. The molecular weight excluding hydrogens is 364 g/mol. The van der Waals surface area contributed by atoms with Gasteiger partial charge >= 0.3 is 18.1 Å². The van der Waals surface area contributed by atoms with Crippen LogP contribution in [0.15, 0.2) is 0 Å². The van der Waals surface area contributed by atoms with E-state index in [1.54, 1.807) is 20.8 Å². The van der Waals surface area contributed by atoms with Gasteiger partial charge in [0, 0.05) is 25.7 Å². The highest BCUT2D eigenvalue weighted by molar-refractivity contribution is 5.70. The Morgan fingerprint density at radius 3 is 1.68 bits per heavy atom. The number of rotatable bonds is 13. The second-order valence-corrected chi connectivity index (χ2v) is 6.95. The quantitative estimate of drug-likeness (QED) is 0.205. The van der Waals surface area contributed by atoms with Crippen LogP contribution >= 0.6 is 0 Å². The van der Waals surface area contributed by atoms with E-state index in [9.17, 15) is 14.4 Å². The van der Waals surface area contributed by atoms with Crippen LogP contribution in [-0.2, 0) is 28.5 Å². The number of esters is 2. The van der Waals surface area contributed by atoms with E-state index >= 15 is 0 Å². The molecule has 0 bridgehead atoms. The van der Waals surface area contributed by atoms with Crippen LogP contribution < -0.4 is 0 Å². The molecule has 0 atom stereocenters. The first-order valence-corrected chi connectivity index (χ1v) is 9.24. The molecule has 0 saturated heterocycles. The van der Waals surface area contributed by atoms with Crippen molar-refractivity contribution in [3.05, 3.63) is 0 Å². The van der Waals surface area contributed by atoms with E-state index in [4.69, 9.17) is 31.8 Å². The minimum atomic E-state index is -0.917. The largest absolute Gasteiger partial charge is 0.508 e. The number of terminal acetylenes is 2. The Labute approximate surface area is 167 Å². The van der Waals surface area contributed by atoms with Gasteiger partial charge in [-0.05, 0) is 33.6 Å². The molecule has 0 saturated carbocycles. The van der Waals surface area contributed by atoms with Gasteiger partial charge in [0.05, 0.1) is 11.5 Å². The molecule has 28 heavy (non-hydrogen) atoms. The maximum atomic E-state index is 11.8. The number of hydrogen-bond donors (Lipinski definition) is 0. The fraction of sp³-hybridized carbons (Fsp3) is 0.667. The fourth-order valence-electron chi connectivity index (χ4n) is 1.91. The minimum Gasteiger partial charge on any atom is -0.465 e. The average Bonchev–Trinajstić information content (AvgIpc) is 2.63. The smallest absolute Gasteiger partial charge is 0.465 e. The molecule has 0 amide bonds. The van der Waals surface area contributed by atoms with Crippen molar-refractivity contribution in [1.29, 1.82) is 0 Å². The third kappa shape index (κ3) is 13.5. The Morgan fingerprint density at radius 1 is 0.857 bits per heavy atom. The molecule has 156 valence electrons. The standard InChI is InChI=1S/C21H30O7/c1-6-8-10-12-18(22)25-14-21(5,16-27-20(24)28-17(3)4)15-26-19(23)13-11-9-7-2/h1-2,17H,8-16H2,3-5H3. The van der Waals surface area contributed by atoms with Crippen molar-refractivity contribution >= 4 is 18.1 Å². The predicted octanol–water partition coefficient (Wildman–Crippen LogP) is 3.25. The normalized spacial score (nSPS) is 10.5. The van der Waals surface area contributed by atoms with Crippen LogP contribution in [0.3, 0.4) is 0 Å². The van der Waals surface area contributed by atoms with E-state index in [1.165, 1.54) is 0 Å². The lowest BCUT2D eigenvalue weighted by Gasteiger charge is -2.28. The summed E-state index contributed by atoms with van der Waals surface area (Å²) in [5.41, 5.74) is -0.917. The second-order valence-electron chi connectivity index (χ2n) is 6.95. The van der Waals surface area contributed by atoms with Gasteiger partial charge in [-0.3, -0.25) is 9.59 Å². The Morgan fingerprint density at radius 2 is 1.29 bits per heavy atom. The van der Waals surface area contributed by atoms with Crippen molar-refractivity contribution in [2.24, 2.45) is 5.41 Å². The van der Waals surface area contributed by atoms with Crippen LogP contribution in [0.2, 0.25) is 0 Å². The highest BCUT2D eigenvalue weighted by Gasteiger charge is 2.31. The van der Waals surface area contributed by atoms with Crippen molar-refractivity contribution in [2.75, 3.05) is 19.8 Å². The summed E-state index contributed by atoms with van der Waals surface area (Å²) >= 11 is 0. The summed E-state index contributed by atoms with van der Waals surface area (Å²) < 4.78 is 20.5. The zero-order valence-electron chi connectivity index (χ0n) is 17.0. The van der Waals surface area contributed by atoms with Crippen LogP contribution in [0.5, 0.6) is 0 Å². The predicted molar refractivity (Wildman–Crippen MR) is 103 cm³/mol. The summed E-state index contributed by atoms with van der Waals surface area (Å²) in [6, 6.07) is 0. The Kier molecular flexibility index (Phi) is 13.0. The van der Waals surface area contributed by atoms with Crippen molar-refractivity contribution in [3.8, 4) is 24.7 Å². The minimum absolute atomic E-state index is 0.0888. The molecule has 0 aliphatic heterocycles. The first-order chi connectivity index (χ1) is 13.2. The Bertz CT molecular complexity index is 545. The van der Waals surface area contributed by atoms with Gasteiger partial charge in [-0.1, -0.05) is 0 Å². The Hall–Kier alpha value is -2.67. The average molecular weight is 394 g/mol. The van der Waals surface area contributed by atoms with Crippen molar-refractivity contribution < 1.29 is 33.3 Å².